The van der Waals surface area contributed by atoms with Crippen LogP contribution in [0, 0.1) is 0 Å². The van der Waals surface area contributed by atoms with Gasteiger partial charge in [0.15, 0.2) is 0 Å². The summed E-state index contributed by atoms with van der Waals surface area (Å²) < 4.78 is 0. The molecule has 1 unspecified atom stereocenters. The third-order valence-electron chi connectivity index (χ3n) is 4.53. The minimum atomic E-state index is -0.873. The Morgan fingerprint density at radius 1 is 1.25 bits per heavy atom. The van der Waals surface area contributed by atoms with Gasteiger partial charge in [-0.3, -0.25) is 14.5 Å². The van der Waals surface area contributed by atoms with E-state index >= 15 is 0 Å². The second-order valence-electron chi connectivity index (χ2n) is 5.97. The summed E-state index contributed by atoms with van der Waals surface area (Å²) in [7, 11) is 0. The highest BCUT2D eigenvalue weighted by Crippen LogP contribution is 2.27. The number of carbonyl (C=O) groups is 2. The van der Waals surface area contributed by atoms with Crippen molar-refractivity contribution in [3.8, 4) is 0 Å². The molecule has 1 aliphatic carbocycles. The number of carboxylic acids is 1. The number of rotatable bonds is 5. The summed E-state index contributed by atoms with van der Waals surface area (Å²) in [6, 6.07) is -0.0447. The number of hydrogen-bond donors (Lipinski definition) is 1. The van der Waals surface area contributed by atoms with Gasteiger partial charge in [-0.25, -0.2) is 0 Å². The number of carboxylic acid groups (broad SMARTS) is 1. The van der Waals surface area contributed by atoms with E-state index in [4.69, 9.17) is 5.11 Å². The Labute approximate surface area is 120 Å². The molecule has 2 fully saturated rings. The molecule has 5 nitrogen and oxygen atoms in total. The number of carbonyl (C=O) groups excluding carboxylic acids is 1. The van der Waals surface area contributed by atoms with Gasteiger partial charge in [0.1, 0.15) is 6.04 Å². The Balaban J connectivity index is 2.09. The maximum atomic E-state index is 12.5. The van der Waals surface area contributed by atoms with Crippen LogP contribution in [0.15, 0.2) is 0 Å². The zero-order chi connectivity index (χ0) is 14.5. The Bertz CT molecular complexity index is 353. The largest absolute Gasteiger partial charge is 0.481 e. The fourth-order valence-corrected chi connectivity index (χ4v) is 3.57. The van der Waals surface area contributed by atoms with Crippen molar-refractivity contribution in [2.24, 2.45) is 0 Å². The van der Waals surface area contributed by atoms with Crippen LogP contribution in [0.5, 0.6) is 0 Å². The Kier molecular flexibility index (Phi) is 5.40. The first-order valence-corrected chi connectivity index (χ1v) is 7.89. The average molecular weight is 282 g/mol. The number of nitrogens with zero attached hydrogens (tertiary/aromatic N) is 2. The number of amides is 1. The molecule has 1 atom stereocenters. The lowest BCUT2D eigenvalue weighted by molar-refractivity contribution is -0.151. The third kappa shape index (κ3) is 3.51. The summed E-state index contributed by atoms with van der Waals surface area (Å²) >= 11 is 0. The highest BCUT2D eigenvalue weighted by Gasteiger charge is 2.39. The molecule has 0 bridgehead atoms. The summed E-state index contributed by atoms with van der Waals surface area (Å²) in [4.78, 5) is 27.7. The van der Waals surface area contributed by atoms with E-state index in [0.717, 1.165) is 38.9 Å². The van der Waals surface area contributed by atoms with Gasteiger partial charge in [-0.2, -0.15) is 0 Å². The molecule has 0 spiro atoms. The summed E-state index contributed by atoms with van der Waals surface area (Å²) in [5, 5.41) is 9.12. The number of piperazine rings is 1. The Morgan fingerprint density at radius 3 is 2.55 bits per heavy atom. The Morgan fingerprint density at radius 2 is 1.95 bits per heavy atom. The van der Waals surface area contributed by atoms with Crippen molar-refractivity contribution in [3.63, 3.8) is 0 Å². The van der Waals surface area contributed by atoms with Crippen molar-refractivity contribution >= 4 is 11.9 Å². The van der Waals surface area contributed by atoms with E-state index in [1.807, 2.05) is 11.8 Å². The molecular weight excluding hydrogens is 256 g/mol. The normalized spacial score (nSPS) is 25.9. The topological polar surface area (TPSA) is 60.9 Å². The summed E-state index contributed by atoms with van der Waals surface area (Å²) in [6.45, 7) is 4.37. The molecule has 1 heterocycles. The van der Waals surface area contributed by atoms with Crippen molar-refractivity contribution in [1.29, 1.82) is 0 Å². The van der Waals surface area contributed by atoms with Crippen LogP contribution in [0.1, 0.15) is 51.9 Å². The van der Waals surface area contributed by atoms with Crippen LogP contribution in [0.25, 0.3) is 0 Å². The molecule has 5 heteroatoms. The first kappa shape index (κ1) is 15.3. The second-order valence-corrected chi connectivity index (χ2v) is 5.97. The van der Waals surface area contributed by atoms with Crippen LogP contribution >= 0.6 is 0 Å². The van der Waals surface area contributed by atoms with Gasteiger partial charge in [0.2, 0.25) is 5.91 Å². The van der Waals surface area contributed by atoms with Gasteiger partial charge in [-0.1, -0.05) is 26.2 Å². The van der Waals surface area contributed by atoms with Crippen LogP contribution in [0.2, 0.25) is 0 Å². The highest BCUT2D eigenvalue weighted by atomic mass is 16.4. The molecule has 1 saturated heterocycles. The maximum Gasteiger partial charge on any atom is 0.305 e. The highest BCUT2D eigenvalue weighted by molar-refractivity contribution is 5.86. The predicted octanol–water partition coefficient (Wildman–Crippen LogP) is 1.72. The zero-order valence-electron chi connectivity index (χ0n) is 12.4. The van der Waals surface area contributed by atoms with Crippen molar-refractivity contribution in [1.82, 2.24) is 9.80 Å². The Hall–Kier alpha value is -1.10. The molecule has 0 radical (unpaired) electrons. The van der Waals surface area contributed by atoms with E-state index in [1.54, 1.807) is 0 Å². The van der Waals surface area contributed by atoms with Gasteiger partial charge in [0.25, 0.3) is 0 Å². The molecule has 1 N–H and O–H groups in total. The second kappa shape index (κ2) is 7.07. The standard InChI is InChI=1S/C15H26N2O3/c1-2-8-16-9-10-17(12-6-4-3-5-7-12)13(15(16)20)11-14(18)19/h12-13H,2-11H2,1H3,(H,18,19). The molecule has 0 aromatic carbocycles. The monoisotopic (exact) mass is 282 g/mol. The number of hydrogen-bond acceptors (Lipinski definition) is 3. The SMILES string of the molecule is CCCN1CCN(C2CCCCC2)C(CC(=O)O)C1=O. The smallest absolute Gasteiger partial charge is 0.305 e. The molecule has 114 valence electrons. The minimum absolute atomic E-state index is 0.0195. The third-order valence-corrected chi connectivity index (χ3v) is 4.53. The van der Waals surface area contributed by atoms with Crippen LogP contribution < -0.4 is 0 Å². The fourth-order valence-electron chi connectivity index (χ4n) is 3.57. The molecule has 2 rings (SSSR count). The molecule has 20 heavy (non-hydrogen) atoms. The summed E-state index contributed by atoms with van der Waals surface area (Å²) in [6.07, 6.45) is 6.75. The molecule has 1 saturated carbocycles. The summed E-state index contributed by atoms with van der Waals surface area (Å²) in [5.41, 5.74) is 0. The zero-order valence-corrected chi connectivity index (χ0v) is 12.4. The van der Waals surface area contributed by atoms with Gasteiger partial charge < -0.3 is 10.0 Å². The van der Waals surface area contributed by atoms with Crippen molar-refractivity contribution in [2.45, 2.75) is 64.0 Å². The van der Waals surface area contributed by atoms with Crippen molar-refractivity contribution in [3.05, 3.63) is 0 Å². The molecule has 2 aliphatic rings. The van der Waals surface area contributed by atoms with Gasteiger partial charge >= 0.3 is 5.97 Å². The van der Waals surface area contributed by atoms with Crippen LogP contribution in [0.4, 0.5) is 0 Å². The van der Waals surface area contributed by atoms with E-state index < -0.39 is 12.0 Å². The predicted molar refractivity (Wildman–Crippen MR) is 76.5 cm³/mol. The number of aliphatic carboxylic acids is 1. The van der Waals surface area contributed by atoms with E-state index in [1.165, 1.54) is 19.3 Å². The first-order chi connectivity index (χ1) is 9.63. The lowest BCUT2D eigenvalue weighted by atomic mass is 9.91. The average Bonchev–Trinajstić information content (AvgIpc) is 2.44. The van der Waals surface area contributed by atoms with Gasteiger partial charge in [0, 0.05) is 25.7 Å². The fraction of sp³-hybridized carbons (Fsp3) is 0.867. The molecule has 0 aromatic heterocycles. The van der Waals surface area contributed by atoms with Gasteiger partial charge in [-0.05, 0) is 19.3 Å². The van der Waals surface area contributed by atoms with E-state index in [9.17, 15) is 9.59 Å². The van der Waals surface area contributed by atoms with E-state index in [2.05, 4.69) is 4.90 Å². The van der Waals surface area contributed by atoms with Gasteiger partial charge in [-0.15, -0.1) is 0 Å². The van der Waals surface area contributed by atoms with E-state index in [-0.39, 0.29) is 12.3 Å². The summed E-state index contributed by atoms with van der Waals surface area (Å²) in [5.74, 6) is -0.853. The van der Waals surface area contributed by atoms with Crippen molar-refractivity contribution in [2.75, 3.05) is 19.6 Å². The maximum absolute atomic E-state index is 12.5. The van der Waals surface area contributed by atoms with E-state index in [0.29, 0.717) is 6.04 Å². The van der Waals surface area contributed by atoms with Crippen LogP contribution in [-0.2, 0) is 9.59 Å². The van der Waals surface area contributed by atoms with Gasteiger partial charge in [0.05, 0.1) is 6.42 Å². The van der Waals surface area contributed by atoms with Crippen LogP contribution in [-0.4, -0.2) is 58.5 Å². The molecule has 1 aliphatic heterocycles. The lowest BCUT2D eigenvalue weighted by Crippen LogP contribution is -2.60. The minimum Gasteiger partial charge on any atom is -0.481 e. The molecular formula is C15H26N2O3. The first-order valence-electron chi connectivity index (χ1n) is 7.89. The molecule has 0 aromatic rings. The quantitative estimate of drug-likeness (QED) is 0.834. The van der Waals surface area contributed by atoms with Crippen LogP contribution in [0.3, 0.4) is 0 Å². The molecule has 1 amide bonds. The lowest BCUT2D eigenvalue weighted by Gasteiger charge is -2.45. The van der Waals surface area contributed by atoms with Crippen molar-refractivity contribution < 1.29 is 14.7 Å².